The molecular formula is C17H22ClN5OS. The van der Waals surface area contributed by atoms with E-state index >= 15 is 0 Å². The summed E-state index contributed by atoms with van der Waals surface area (Å²) in [4.78, 5) is 3.11. The Morgan fingerprint density at radius 2 is 1.92 bits per heavy atom. The minimum absolute atomic E-state index is 0. The Morgan fingerprint density at radius 3 is 2.64 bits per heavy atom. The van der Waals surface area contributed by atoms with Gasteiger partial charge in [0.2, 0.25) is 4.96 Å². The average molecular weight is 380 g/mol. The van der Waals surface area contributed by atoms with Gasteiger partial charge in [-0.1, -0.05) is 43.4 Å². The summed E-state index contributed by atoms with van der Waals surface area (Å²) in [6.45, 7) is 7.01. The van der Waals surface area contributed by atoms with Crippen molar-refractivity contribution >= 4 is 40.9 Å². The maximum atomic E-state index is 5.36. The van der Waals surface area contributed by atoms with Gasteiger partial charge in [-0.2, -0.15) is 9.61 Å². The number of hydrogen-bond donors (Lipinski definition) is 0. The molecule has 25 heavy (non-hydrogen) atoms. The summed E-state index contributed by atoms with van der Waals surface area (Å²) in [5.41, 5.74) is 1.02. The fourth-order valence-electron chi connectivity index (χ4n) is 2.45. The molecule has 0 fully saturated rings. The predicted octanol–water partition coefficient (Wildman–Crippen LogP) is 3.63. The van der Waals surface area contributed by atoms with E-state index in [9.17, 15) is 0 Å². The number of ether oxygens (including phenoxy) is 1. The van der Waals surface area contributed by atoms with Crippen molar-refractivity contribution in [2.24, 2.45) is 0 Å². The number of methoxy groups -OCH3 is 1. The molecule has 6 nitrogen and oxygen atoms in total. The molecule has 0 radical (unpaired) electrons. The van der Waals surface area contributed by atoms with Crippen LogP contribution in [0.5, 0.6) is 5.75 Å². The summed E-state index contributed by atoms with van der Waals surface area (Å²) in [5.74, 6) is 1.72. The van der Waals surface area contributed by atoms with Crippen molar-refractivity contribution in [2.75, 3.05) is 20.2 Å². The predicted molar refractivity (Wildman–Crippen MR) is 104 cm³/mol. The van der Waals surface area contributed by atoms with E-state index in [2.05, 4.69) is 34.0 Å². The highest BCUT2D eigenvalue weighted by molar-refractivity contribution is 7.17. The topological polar surface area (TPSA) is 55.5 Å². The average Bonchev–Trinajstić information content (AvgIpc) is 3.19. The Hall–Kier alpha value is -1.96. The molecule has 0 aliphatic rings. The minimum atomic E-state index is 0. The lowest BCUT2D eigenvalue weighted by Crippen LogP contribution is -2.23. The van der Waals surface area contributed by atoms with Crippen LogP contribution in [-0.2, 0) is 6.54 Å². The van der Waals surface area contributed by atoms with Gasteiger partial charge >= 0.3 is 0 Å². The van der Waals surface area contributed by atoms with Gasteiger partial charge in [0.15, 0.2) is 5.82 Å². The van der Waals surface area contributed by atoms with Crippen LogP contribution in [0.1, 0.15) is 30.2 Å². The number of nitrogens with zero attached hydrogens (tertiary/aromatic N) is 5. The van der Waals surface area contributed by atoms with Crippen molar-refractivity contribution in [3.8, 4) is 5.75 Å². The second-order valence-corrected chi connectivity index (χ2v) is 6.28. The first-order valence-electron chi connectivity index (χ1n) is 7.99. The number of fused-ring (bicyclic) bond motifs is 1. The number of hydrogen-bond acceptors (Lipinski definition) is 6. The summed E-state index contributed by atoms with van der Waals surface area (Å²) >= 11 is 1.53. The van der Waals surface area contributed by atoms with Crippen molar-refractivity contribution in [1.29, 1.82) is 0 Å². The zero-order chi connectivity index (χ0) is 16.9. The third-order valence-electron chi connectivity index (χ3n) is 3.87. The van der Waals surface area contributed by atoms with Gasteiger partial charge in [-0.3, -0.25) is 4.90 Å². The third-order valence-corrected chi connectivity index (χ3v) is 4.74. The zero-order valence-corrected chi connectivity index (χ0v) is 16.2. The first-order chi connectivity index (χ1) is 11.7. The molecule has 0 amide bonds. The van der Waals surface area contributed by atoms with E-state index in [4.69, 9.17) is 4.74 Å². The van der Waals surface area contributed by atoms with Crippen LogP contribution < -0.4 is 4.74 Å². The van der Waals surface area contributed by atoms with E-state index in [0.717, 1.165) is 46.7 Å². The smallest absolute Gasteiger partial charge is 0.235 e. The van der Waals surface area contributed by atoms with Crippen molar-refractivity contribution in [1.82, 2.24) is 24.7 Å². The molecule has 2 heterocycles. The number of rotatable bonds is 7. The molecule has 0 saturated carbocycles. The van der Waals surface area contributed by atoms with E-state index in [1.807, 2.05) is 40.9 Å². The highest BCUT2D eigenvalue weighted by Crippen LogP contribution is 2.22. The highest BCUT2D eigenvalue weighted by Gasteiger charge is 2.12. The summed E-state index contributed by atoms with van der Waals surface area (Å²) < 4.78 is 7.20. The summed E-state index contributed by atoms with van der Waals surface area (Å²) in [6.07, 6.45) is 3.99. The van der Waals surface area contributed by atoms with Gasteiger partial charge in [0.25, 0.3) is 0 Å². The summed E-state index contributed by atoms with van der Waals surface area (Å²) in [7, 11) is 1.68. The van der Waals surface area contributed by atoms with Crippen molar-refractivity contribution in [3.63, 3.8) is 0 Å². The third kappa shape index (κ3) is 4.36. The molecule has 3 rings (SSSR count). The molecule has 0 bridgehead atoms. The van der Waals surface area contributed by atoms with Crippen LogP contribution >= 0.6 is 23.7 Å². The highest BCUT2D eigenvalue weighted by atomic mass is 35.5. The number of aromatic nitrogens is 4. The van der Waals surface area contributed by atoms with E-state index in [1.165, 1.54) is 11.3 Å². The van der Waals surface area contributed by atoms with E-state index < -0.39 is 0 Å². The zero-order valence-electron chi connectivity index (χ0n) is 14.5. The standard InChI is InChI=1S/C17H21N5OS.ClH/c1-4-21(5-2)12-15-18-19-17-22(15)20-16(24-17)11-10-13-8-6-7-9-14(13)23-3;/h6-11H,4-5,12H2,1-3H3;1H/b11-10+;. The van der Waals surface area contributed by atoms with E-state index in [0.29, 0.717) is 0 Å². The largest absolute Gasteiger partial charge is 0.496 e. The van der Waals surface area contributed by atoms with Gasteiger partial charge in [0.1, 0.15) is 10.8 Å². The monoisotopic (exact) mass is 379 g/mol. The summed E-state index contributed by atoms with van der Waals surface area (Å²) in [5, 5.41) is 14.0. The fraction of sp³-hybridized carbons (Fsp3) is 0.353. The van der Waals surface area contributed by atoms with Crippen molar-refractivity contribution in [3.05, 3.63) is 40.7 Å². The lowest BCUT2D eigenvalue weighted by atomic mass is 10.2. The van der Waals surface area contributed by atoms with Crippen LogP contribution in [-0.4, -0.2) is 44.9 Å². The van der Waals surface area contributed by atoms with Gasteiger partial charge in [-0.05, 0) is 31.3 Å². The van der Waals surface area contributed by atoms with Crippen LogP contribution in [0.3, 0.4) is 0 Å². The first-order valence-corrected chi connectivity index (χ1v) is 8.81. The van der Waals surface area contributed by atoms with E-state index in [-0.39, 0.29) is 12.4 Å². The van der Waals surface area contributed by atoms with Gasteiger partial charge in [-0.15, -0.1) is 22.6 Å². The SMILES string of the molecule is CCN(CC)Cc1nnc2sc(/C=C/c3ccccc3OC)nn12.Cl. The second-order valence-electron chi connectivity index (χ2n) is 5.29. The molecular weight excluding hydrogens is 358 g/mol. The molecule has 0 saturated heterocycles. The Morgan fingerprint density at radius 1 is 1.16 bits per heavy atom. The second kappa shape index (κ2) is 8.94. The van der Waals surface area contributed by atoms with Gasteiger partial charge in [0, 0.05) is 5.56 Å². The molecule has 2 aromatic heterocycles. The lowest BCUT2D eigenvalue weighted by molar-refractivity contribution is 0.286. The quantitative estimate of drug-likeness (QED) is 0.627. The van der Waals surface area contributed by atoms with Gasteiger partial charge in [-0.25, -0.2) is 0 Å². The number of halogens is 1. The van der Waals surface area contributed by atoms with Crippen LogP contribution in [0.2, 0.25) is 0 Å². The Labute approximate surface area is 157 Å². The molecule has 3 aromatic rings. The first kappa shape index (κ1) is 19.4. The molecule has 8 heteroatoms. The Kier molecular flexibility index (Phi) is 6.92. The fourth-order valence-corrected chi connectivity index (χ4v) is 3.21. The van der Waals surface area contributed by atoms with Crippen LogP contribution in [0, 0.1) is 0 Å². The summed E-state index contributed by atoms with van der Waals surface area (Å²) in [6, 6.07) is 7.91. The molecule has 0 N–H and O–H groups in total. The van der Waals surface area contributed by atoms with Gasteiger partial charge in [0.05, 0.1) is 13.7 Å². The van der Waals surface area contributed by atoms with Crippen LogP contribution in [0.4, 0.5) is 0 Å². The molecule has 0 atom stereocenters. The lowest BCUT2D eigenvalue weighted by Gasteiger charge is -2.15. The molecule has 0 unspecified atom stereocenters. The molecule has 0 aliphatic heterocycles. The Balaban J connectivity index is 0.00000225. The van der Waals surface area contributed by atoms with Gasteiger partial charge < -0.3 is 4.74 Å². The van der Waals surface area contributed by atoms with Crippen LogP contribution in [0.25, 0.3) is 17.1 Å². The maximum absolute atomic E-state index is 5.36. The minimum Gasteiger partial charge on any atom is -0.496 e. The van der Waals surface area contributed by atoms with Crippen molar-refractivity contribution < 1.29 is 4.74 Å². The number of benzene rings is 1. The number of para-hydroxylation sites is 1. The van der Waals surface area contributed by atoms with E-state index in [1.54, 1.807) is 7.11 Å². The molecule has 134 valence electrons. The molecule has 0 spiro atoms. The molecule has 1 aromatic carbocycles. The normalized spacial score (nSPS) is 11.4. The maximum Gasteiger partial charge on any atom is 0.235 e. The van der Waals surface area contributed by atoms with Crippen molar-refractivity contribution in [2.45, 2.75) is 20.4 Å². The Bertz CT molecular complexity index is 841. The molecule has 0 aliphatic carbocycles. The van der Waals surface area contributed by atoms with Crippen LogP contribution in [0.15, 0.2) is 24.3 Å².